The van der Waals surface area contributed by atoms with E-state index in [1.807, 2.05) is 24.3 Å². The van der Waals surface area contributed by atoms with Gasteiger partial charge in [0, 0.05) is 11.3 Å². The summed E-state index contributed by atoms with van der Waals surface area (Å²) in [7, 11) is 0. The van der Waals surface area contributed by atoms with Crippen molar-refractivity contribution >= 4 is 12.1 Å². The number of carbonyl (C=O) groups is 1. The summed E-state index contributed by atoms with van der Waals surface area (Å²) in [5, 5.41) is 9.03. The van der Waals surface area contributed by atoms with Crippen molar-refractivity contribution in [3.05, 3.63) is 57.0 Å². The third kappa shape index (κ3) is 3.94. The van der Waals surface area contributed by atoms with Crippen LogP contribution >= 0.6 is 0 Å². The molecule has 0 saturated carbocycles. The Balaban J connectivity index is 1.92. The first-order valence-corrected chi connectivity index (χ1v) is 7.15. The van der Waals surface area contributed by atoms with Gasteiger partial charge in [0.1, 0.15) is 0 Å². The van der Waals surface area contributed by atoms with Gasteiger partial charge in [-0.2, -0.15) is 5.10 Å². The van der Waals surface area contributed by atoms with Crippen molar-refractivity contribution in [1.82, 2.24) is 15.6 Å². The van der Waals surface area contributed by atoms with E-state index >= 15 is 0 Å². The average molecular weight is 300 g/mol. The van der Waals surface area contributed by atoms with Crippen molar-refractivity contribution in [1.29, 1.82) is 0 Å². The van der Waals surface area contributed by atoms with Gasteiger partial charge in [0.2, 0.25) is 5.91 Å². The molecule has 0 saturated heterocycles. The van der Waals surface area contributed by atoms with Crippen LogP contribution in [0.5, 0.6) is 0 Å². The zero-order valence-electron chi connectivity index (χ0n) is 12.9. The molecule has 22 heavy (non-hydrogen) atoms. The molecule has 0 radical (unpaired) electrons. The van der Waals surface area contributed by atoms with Crippen LogP contribution in [0.4, 0.5) is 0 Å². The lowest BCUT2D eigenvalue weighted by atomic mass is 10.0. The molecule has 0 bridgehead atoms. The number of hydrogen-bond donors (Lipinski definition) is 3. The number of aromatic amines is 2. The molecule has 2 aromatic rings. The summed E-state index contributed by atoms with van der Waals surface area (Å²) in [6, 6.07) is 7.98. The molecule has 0 unspecified atom stereocenters. The van der Waals surface area contributed by atoms with E-state index in [0.29, 0.717) is 17.2 Å². The maximum Gasteiger partial charge on any atom is 0.267 e. The predicted octanol–water partition coefficient (Wildman–Crippen LogP) is 1.83. The van der Waals surface area contributed by atoms with Crippen LogP contribution in [-0.2, 0) is 11.2 Å². The van der Waals surface area contributed by atoms with E-state index in [9.17, 15) is 9.59 Å². The molecule has 2 rings (SSSR count). The van der Waals surface area contributed by atoms with E-state index < -0.39 is 0 Å². The molecule has 1 aromatic carbocycles. The van der Waals surface area contributed by atoms with E-state index in [1.165, 1.54) is 5.56 Å². The number of amides is 1. The molecule has 0 atom stereocenters. The fourth-order valence-corrected chi connectivity index (χ4v) is 2.03. The molecule has 6 nitrogen and oxygen atoms in total. The van der Waals surface area contributed by atoms with Crippen LogP contribution in [0.3, 0.4) is 0 Å². The van der Waals surface area contributed by atoms with Crippen LogP contribution in [0.15, 0.2) is 34.2 Å². The fraction of sp³-hybridized carbons (Fsp3) is 0.312. The van der Waals surface area contributed by atoms with Crippen LogP contribution in [0.25, 0.3) is 0 Å². The predicted molar refractivity (Wildman–Crippen MR) is 86.1 cm³/mol. The SMILES string of the molecule is Cc1[nH][nH]c(=O)c1CC(=O)NN=Cc1ccc(C(C)C)cc1. The zero-order valence-corrected chi connectivity index (χ0v) is 12.9. The van der Waals surface area contributed by atoms with Crippen LogP contribution in [-0.4, -0.2) is 22.3 Å². The molecule has 0 aliphatic heterocycles. The lowest BCUT2D eigenvalue weighted by molar-refractivity contribution is -0.120. The maximum absolute atomic E-state index is 11.8. The summed E-state index contributed by atoms with van der Waals surface area (Å²) < 4.78 is 0. The van der Waals surface area contributed by atoms with E-state index in [-0.39, 0.29) is 17.9 Å². The number of benzene rings is 1. The van der Waals surface area contributed by atoms with Gasteiger partial charge in [0.25, 0.3) is 5.56 Å². The quantitative estimate of drug-likeness (QED) is 0.581. The van der Waals surface area contributed by atoms with E-state index in [1.54, 1.807) is 13.1 Å². The highest BCUT2D eigenvalue weighted by Crippen LogP contribution is 2.13. The van der Waals surface area contributed by atoms with Crippen molar-refractivity contribution in [2.45, 2.75) is 33.1 Å². The van der Waals surface area contributed by atoms with Gasteiger partial charge in [0.15, 0.2) is 0 Å². The second kappa shape index (κ2) is 6.89. The fourth-order valence-electron chi connectivity index (χ4n) is 2.03. The lowest BCUT2D eigenvalue weighted by Gasteiger charge is -2.04. The summed E-state index contributed by atoms with van der Waals surface area (Å²) in [5.74, 6) is 0.150. The maximum atomic E-state index is 11.8. The molecule has 3 N–H and O–H groups in total. The Morgan fingerprint density at radius 2 is 1.95 bits per heavy atom. The van der Waals surface area contributed by atoms with Crippen molar-refractivity contribution < 1.29 is 4.79 Å². The van der Waals surface area contributed by atoms with Crippen molar-refractivity contribution in [3.63, 3.8) is 0 Å². The van der Waals surface area contributed by atoms with Crippen molar-refractivity contribution in [3.8, 4) is 0 Å². The molecular weight excluding hydrogens is 280 g/mol. The van der Waals surface area contributed by atoms with Gasteiger partial charge >= 0.3 is 0 Å². The third-order valence-electron chi connectivity index (χ3n) is 3.43. The molecule has 1 amide bonds. The average Bonchev–Trinajstić information content (AvgIpc) is 2.79. The van der Waals surface area contributed by atoms with Crippen LogP contribution in [0.2, 0.25) is 0 Å². The highest BCUT2D eigenvalue weighted by Gasteiger charge is 2.10. The first-order chi connectivity index (χ1) is 10.5. The molecule has 116 valence electrons. The Hall–Kier alpha value is -2.63. The number of aryl methyl sites for hydroxylation is 1. The number of aromatic nitrogens is 2. The van der Waals surface area contributed by atoms with E-state index in [0.717, 1.165) is 5.56 Å². The van der Waals surface area contributed by atoms with Gasteiger partial charge in [-0.25, -0.2) is 5.43 Å². The molecule has 0 fully saturated rings. The normalized spacial score (nSPS) is 11.3. The van der Waals surface area contributed by atoms with Crippen molar-refractivity contribution in [2.75, 3.05) is 0 Å². The Morgan fingerprint density at radius 1 is 1.27 bits per heavy atom. The standard InChI is InChI=1S/C16H20N4O2/c1-10(2)13-6-4-12(5-7-13)9-17-19-15(21)8-14-11(3)18-20-16(14)22/h4-7,9-10H,8H2,1-3H3,(H,19,21)(H2,18,20,22). The number of rotatable bonds is 5. The topological polar surface area (TPSA) is 90.1 Å². The van der Waals surface area contributed by atoms with Gasteiger partial charge in [0.05, 0.1) is 12.6 Å². The molecule has 0 spiro atoms. The van der Waals surface area contributed by atoms with Crippen molar-refractivity contribution in [2.24, 2.45) is 5.10 Å². The number of hydrogen-bond acceptors (Lipinski definition) is 3. The van der Waals surface area contributed by atoms with Gasteiger partial charge < -0.3 is 5.10 Å². The third-order valence-corrected chi connectivity index (χ3v) is 3.43. The summed E-state index contributed by atoms with van der Waals surface area (Å²) >= 11 is 0. The highest BCUT2D eigenvalue weighted by atomic mass is 16.2. The van der Waals surface area contributed by atoms with Gasteiger partial charge in [-0.3, -0.25) is 14.7 Å². The molecule has 0 aliphatic carbocycles. The Morgan fingerprint density at radius 3 is 2.50 bits per heavy atom. The Labute approximate surface area is 128 Å². The second-order valence-corrected chi connectivity index (χ2v) is 5.47. The van der Waals surface area contributed by atoms with Crippen LogP contribution < -0.4 is 11.0 Å². The molecule has 0 aliphatic rings. The number of nitrogens with zero attached hydrogens (tertiary/aromatic N) is 1. The number of H-pyrrole nitrogens is 2. The Bertz CT molecular complexity index is 723. The van der Waals surface area contributed by atoms with Gasteiger partial charge in [-0.15, -0.1) is 0 Å². The first-order valence-electron chi connectivity index (χ1n) is 7.15. The number of hydrazone groups is 1. The number of carbonyl (C=O) groups excluding carboxylic acids is 1. The smallest absolute Gasteiger partial charge is 0.267 e. The minimum Gasteiger partial charge on any atom is -0.302 e. The monoisotopic (exact) mass is 300 g/mol. The minimum atomic E-state index is -0.330. The summed E-state index contributed by atoms with van der Waals surface area (Å²) in [6.07, 6.45) is 1.57. The summed E-state index contributed by atoms with van der Waals surface area (Å²) in [5.41, 5.74) is 5.39. The van der Waals surface area contributed by atoms with E-state index in [2.05, 4.69) is 34.6 Å². The van der Waals surface area contributed by atoms with Crippen LogP contribution in [0.1, 0.15) is 42.1 Å². The molecule has 6 heteroatoms. The number of nitrogens with one attached hydrogen (secondary N) is 3. The molecule has 1 heterocycles. The van der Waals surface area contributed by atoms with Gasteiger partial charge in [-0.05, 0) is 24.0 Å². The summed E-state index contributed by atoms with van der Waals surface area (Å²) in [4.78, 5) is 23.2. The first kappa shape index (κ1) is 15.8. The second-order valence-electron chi connectivity index (χ2n) is 5.47. The van der Waals surface area contributed by atoms with Gasteiger partial charge in [-0.1, -0.05) is 38.1 Å². The van der Waals surface area contributed by atoms with Crippen LogP contribution in [0, 0.1) is 6.92 Å². The largest absolute Gasteiger partial charge is 0.302 e. The molecule has 1 aromatic heterocycles. The highest BCUT2D eigenvalue weighted by molar-refractivity contribution is 5.83. The summed E-state index contributed by atoms with van der Waals surface area (Å²) in [6.45, 7) is 6.00. The Kier molecular flexibility index (Phi) is 4.93. The minimum absolute atomic E-state index is 0.00566. The molecular formula is C16H20N4O2. The lowest BCUT2D eigenvalue weighted by Crippen LogP contribution is -2.23. The zero-order chi connectivity index (χ0) is 16.1. The van der Waals surface area contributed by atoms with E-state index in [4.69, 9.17) is 0 Å².